The van der Waals surface area contributed by atoms with Gasteiger partial charge < -0.3 is 16.3 Å². The average Bonchev–Trinajstić information content (AvgIpc) is 3.65. The third kappa shape index (κ3) is 9.00. The molecule has 5 aromatic rings. The highest BCUT2D eigenvalue weighted by molar-refractivity contribution is 6.04. The van der Waals surface area contributed by atoms with E-state index in [2.05, 4.69) is 118 Å². The summed E-state index contributed by atoms with van der Waals surface area (Å²) >= 11 is 0. The van der Waals surface area contributed by atoms with E-state index < -0.39 is 6.10 Å². The summed E-state index contributed by atoms with van der Waals surface area (Å²) in [7, 11) is 0. The van der Waals surface area contributed by atoms with Gasteiger partial charge in [0.15, 0.2) is 11.7 Å². The zero-order valence-electron chi connectivity index (χ0n) is 30.3. The number of hydrazone groups is 2. The maximum atomic E-state index is 9.15. The van der Waals surface area contributed by atoms with Crippen LogP contribution in [0.15, 0.2) is 124 Å². The molecule has 0 fully saturated rings. The second-order valence-corrected chi connectivity index (χ2v) is 12.6. The number of aliphatic hydroxyl groups is 1. The van der Waals surface area contributed by atoms with Crippen molar-refractivity contribution in [1.29, 1.82) is 0 Å². The van der Waals surface area contributed by atoms with E-state index in [0.29, 0.717) is 17.3 Å². The fourth-order valence-corrected chi connectivity index (χ4v) is 6.41. The summed E-state index contributed by atoms with van der Waals surface area (Å²) in [5.74, 6) is 12.9. The van der Waals surface area contributed by atoms with Crippen molar-refractivity contribution in [3.05, 3.63) is 148 Å². The number of fused-ring (bicyclic) bond motifs is 1. The lowest BCUT2D eigenvalue weighted by atomic mass is 9.94. The molecule has 0 bridgehead atoms. The number of aliphatic hydroxyl groups excluding tert-OH is 1. The zero-order chi connectivity index (χ0) is 36.9. The number of anilines is 1. The first kappa shape index (κ1) is 37.2. The van der Waals surface area contributed by atoms with Crippen molar-refractivity contribution in [2.45, 2.75) is 58.6 Å². The molecule has 1 aliphatic rings. The van der Waals surface area contributed by atoms with Crippen LogP contribution in [0.1, 0.15) is 71.8 Å². The van der Waals surface area contributed by atoms with Gasteiger partial charge in [-0.1, -0.05) is 116 Å². The number of hydrogen-bond donors (Lipinski definition) is 3. The third-order valence-corrected chi connectivity index (χ3v) is 8.84. The van der Waals surface area contributed by atoms with Gasteiger partial charge in [0, 0.05) is 18.8 Å². The Bertz CT molecular complexity index is 2020. The Kier molecular flexibility index (Phi) is 13.1. The zero-order valence-corrected chi connectivity index (χ0v) is 30.3. The van der Waals surface area contributed by atoms with Gasteiger partial charge >= 0.3 is 0 Å². The van der Waals surface area contributed by atoms with Gasteiger partial charge in [-0.15, -0.1) is 0 Å². The molecule has 0 aliphatic heterocycles. The fraction of sp³-hybridized carbons (Fsp3) is 0.227. The Morgan fingerprint density at radius 2 is 1.58 bits per heavy atom. The van der Waals surface area contributed by atoms with Crippen molar-refractivity contribution in [2.24, 2.45) is 21.0 Å². The molecule has 0 saturated carbocycles. The summed E-state index contributed by atoms with van der Waals surface area (Å²) in [5.41, 5.74) is 10.6. The van der Waals surface area contributed by atoms with Crippen molar-refractivity contribution < 1.29 is 5.11 Å². The van der Waals surface area contributed by atoms with E-state index in [1.807, 2.05) is 60.5 Å². The van der Waals surface area contributed by atoms with Crippen molar-refractivity contribution in [1.82, 2.24) is 9.99 Å². The molecule has 1 heterocycles. The van der Waals surface area contributed by atoms with Crippen LogP contribution in [0.4, 0.5) is 11.5 Å². The molecule has 1 aliphatic carbocycles. The molecule has 52 heavy (non-hydrogen) atoms. The van der Waals surface area contributed by atoms with Crippen molar-refractivity contribution in [3.63, 3.8) is 0 Å². The Balaban J connectivity index is 0.000000246. The lowest BCUT2D eigenvalue weighted by Gasteiger charge is -2.31. The smallest absolute Gasteiger partial charge is 0.177 e. The molecule has 1 unspecified atom stereocenters. The summed E-state index contributed by atoms with van der Waals surface area (Å²) in [6.45, 7) is 13.9. The number of hydrogen-bond acceptors (Lipinski definition) is 7. The summed E-state index contributed by atoms with van der Waals surface area (Å²) in [5, 5.41) is 22.9. The molecule has 8 heteroatoms. The summed E-state index contributed by atoms with van der Waals surface area (Å²) in [6.07, 6.45) is 3.86. The minimum Gasteiger partial charge on any atom is -0.381 e. The van der Waals surface area contributed by atoms with Gasteiger partial charge in [-0.05, 0) is 97.2 Å². The highest BCUT2D eigenvalue weighted by atomic mass is 16.3. The largest absolute Gasteiger partial charge is 0.381 e. The number of nitrogens with one attached hydrogen (secondary N) is 1. The Labute approximate surface area is 307 Å². The van der Waals surface area contributed by atoms with Gasteiger partial charge in [-0.2, -0.15) is 10.2 Å². The summed E-state index contributed by atoms with van der Waals surface area (Å²) in [6, 6.07) is 37.2. The number of rotatable bonds is 10. The van der Waals surface area contributed by atoms with Gasteiger partial charge in [0.2, 0.25) is 0 Å². The molecule has 0 saturated heterocycles. The monoisotopic (exact) mass is 689 g/mol. The molecule has 4 aromatic carbocycles. The number of benzene rings is 4. The van der Waals surface area contributed by atoms with Crippen LogP contribution in [-0.2, 0) is 12.8 Å². The minimum atomic E-state index is -0.656. The highest BCUT2D eigenvalue weighted by Gasteiger charge is 2.28. The van der Waals surface area contributed by atoms with E-state index in [1.165, 1.54) is 17.5 Å². The topological polar surface area (TPSA) is 111 Å². The van der Waals surface area contributed by atoms with Gasteiger partial charge in [0.1, 0.15) is 23.5 Å². The average molecular weight is 690 g/mol. The number of pyridine rings is 1. The van der Waals surface area contributed by atoms with E-state index in [-0.39, 0.29) is 6.04 Å². The van der Waals surface area contributed by atoms with Crippen LogP contribution in [0.25, 0.3) is 11.1 Å². The number of aromatic nitrogens is 1. The molecule has 1 atom stereocenters. The maximum Gasteiger partial charge on any atom is 0.177 e. The van der Waals surface area contributed by atoms with Crippen LogP contribution in [0.3, 0.4) is 0 Å². The molecule has 4 N–H and O–H groups in total. The molecule has 0 amide bonds. The first-order valence-corrected chi connectivity index (χ1v) is 17.7. The predicted octanol–water partition coefficient (Wildman–Crippen LogP) is 8.45. The second kappa shape index (κ2) is 18.3. The quantitative estimate of drug-likeness (QED) is 0.0448. The van der Waals surface area contributed by atoms with Gasteiger partial charge in [0.05, 0.1) is 0 Å². The number of amidine groups is 1. The predicted molar refractivity (Wildman–Crippen MR) is 216 cm³/mol. The minimum absolute atomic E-state index is 0.227. The highest BCUT2D eigenvalue weighted by Crippen LogP contribution is 2.35. The molecule has 8 nitrogen and oxygen atoms in total. The standard InChI is InChI=1S/C30H28N4.C14H19N3O/c1-32-34(29(23-11-4-2-5-12-23)24-13-6-3-7-14-24)30(33-31)28-18-9-8-17-27(28)26-20-19-22-15-10-16-25(22)21-26;1-5-8-16-14-13(15-4)10(2)9-12(17-14)7-6-11(3)18/h2-9,11-14,17-21,29H,1,10,15-16,31H2;9,11,18H,4-5,8H2,1-3H3,(H,16,17)/b33-30-;. The van der Waals surface area contributed by atoms with Crippen LogP contribution >= 0.6 is 0 Å². The molecular formula is C44H47N7O. The van der Waals surface area contributed by atoms with Crippen molar-refractivity contribution >= 4 is 30.8 Å². The summed E-state index contributed by atoms with van der Waals surface area (Å²) < 4.78 is 0. The van der Waals surface area contributed by atoms with E-state index in [0.717, 1.165) is 64.9 Å². The van der Waals surface area contributed by atoms with Crippen LogP contribution < -0.4 is 11.2 Å². The van der Waals surface area contributed by atoms with Crippen LogP contribution in [0, 0.1) is 18.8 Å². The maximum absolute atomic E-state index is 9.15. The van der Waals surface area contributed by atoms with Gasteiger partial charge in [0.25, 0.3) is 0 Å². The number of aliphatic imine (C=N–C) groups is 1. The Hall–Kier alpha value is -6.04. The molecular weight excluding hydrogens is 643 g/mol. The first-order chi connectivity index (χ1) is 25.4. The molecule has 1 aromatic heterocycles. The lowest BCUT2D eigenvalue weighted by molar-refractivity contribution is 0.253. The summed E-state index contributed by atoms with van der Waals surface area (Å²) in [4.78, 5) is 8.37. The van der Waals surface area contributed by atoms with E-state index in [9.17, 15) is 0 Å². The van der Waals surface area contributed by atoms with Crippen LogP contribution in [0.2, 0.25) is 0 Å². The number of nitrogens with zero attached hydrogens (tertiary/aromatic N) is 5. The SMILES string of the molecule is C=NN(/C(=N\N)c1ccccc1-c1ccc2c(c1)CCC2)C(c1ccccc1)c1ccccc1.C=Nc1c(C)cc(C#CC(C)O)nc1NCCC. The van der Waals surface area contributed by atoms with E-state index in [4.69, 9.17) is 10.9 Å². The van der Waals surface area contributed by atoms with Crippen LogP contribution in [0.5, 0.6) is 0 Å². The van der Waals surface area contributed by atoms with E-state index in [1.54, 1.807) is 6.92 Å². The normalized spacial score (nSPS) is 12.4. The Morgan fingerprint density at radius 3 is 2.19 bits per heavy atom. The van der Waals surface area contributed by atoms with Crippen molar-refractivity contribution in [2.75, 3.05) is 11.9 Å². The van der Waals surface area contributed by atoms with Gasteiger partial charge in [-0.25, -0.2) is 9.99 Å². The first-order valence-electron chi connectivity index (χ1n) is 17.7. The third-order valence-electron chi connectivity index (χ3n) is 8.84. The number of aryl methyl sites for hydroxylation is 3. The molecule has 264 valence electrons. The molecule has 6 rings (SSSR count). The second-order valence-electron chi connectivity index (χ2n) is 12.6. The van der Waals surface area contributed by atoms with Crippen LogP contribution in [-0.4, -0.2) is 47.0 Å². The lowest BCUT2D eigenvalue weighted by Crippen LogP contribution is -2.33. The Morgan fingerprint density at radius 1 is 0.923 bits per heavy atom. The van der Waals surface area contributed by atoms with Gasteiger partial charge in [-0.3, -0.25) is 4.99 Å². The van der Waals surface area contributed by atoms with Crippen molar-refractivity contribution in [3.8, 4) is 23.0 Å². The molecule has 0 spiro atoms. The number of nitrogens with two attached hydrogens (primary N) is 1. The fourth-order valence-electron chi connectivity index (χ4n) is 6.41. The molecule has 0 radical (unpaired) electrons. The van der Waals surface area contributed by atoms with E-state index >= 15 is 0 Å².